The first-order valence-corrected chi connectivity index (χ1v) is 6.92. The average Bonchev–Trinajstić information content (AvgIpc) is 2.74. The van der Waals surface area contributed by atoms with Crippen LogP contribution in [0.1, 0.15) is 32.1 Å². The van der Waals surface area contributed by atoms with E-state index in [9.17, 15) is 15.0 Å². The molecule has 1 saturated carbocycles. The molecule has 106 valence electrons. The lowest BCUT2D eigenvalue weighted by Gasteiger charge is -2.19. The highest BCUT2D eigenvalue weighted by Gasteiger charge is 2.26. The number of carbonyl (C=O) groups is 1. The van der Waals surface area contributed by atoms with Gasteiger partial charge in [-0.05, 0) is 25.0 Å². The lowest BCUT2D eigenvalue weighted by molar-refractivity contribution is -0.151. The first-order chi connectivity index (χ1) is 9.68. The van der Waals surface area contributed by atoms with E-state index in [-0.39, 0.29) is 17.7 Å². The Morgan fingerprint density at radius 3 is 2.15 bits per heavy atom. The molecule has 20 heavy (non-hydrogen) atoms. The summed E-state index contributed by atoms with van der Waals surface area (Å²) in [5, 5.41) is 21.0. The average molecular weight is 275 g/mol. The zero-order valence-corrected chi connectivity index (χ0v) is 11.1. The van der Waals surface area contributed by atoms with Crippen LogP contribution in [0.25, 0.3) is 10.8 Å². The predicted molar refractivity (Wildman–Crippen MR) is 73.4 cm³/mol. The van der Waals surface area contributed by atoms with Crippen LogP contribution in [0.15, 0.2) is 24.3 Å². The lowest BCUT2D eigenvalue weighted by Crippen LogP contribution is -2.28. The Morgan fingerprint density at radius 1 is 1.05 bits per heavy atom. The minimum absolute atomic E-state index is 0.145. The van der Waals surface area contributed by atoms with Crippen LogP contribution in [0, 0.1) is 5.92 Å². The third-order valence-electron chi connectivity index (χ3n) is 3.91. The topological polar surface area (TPSA) is 71.7 Å². The molecule has 5 nitrogen and oxygen atoms in total. The third kappa shape index (κ3) is 2.09. The van der Waals surface area contributed by atoms with Crippen LogP contribution in [0.5, 0.6) is 11.8 Å². The third-order valence-corrected chi connectivity index (χ3v) is 3.91. The molecule has 0 amide bonds. The summed E-state index contributed by atoms with van der Waals surface area (Å²) >= 11 is 0. The molecule has 1 aromatic carbocycles. The summed E-state index contributed by atoms with van der Waals surface area (Å²) in [6, 6.07) is 6.81. The monoisotopic (exact) mass is 275 g/mol. The van der Waals surface area contributed by atoms with Crippen molar-refractivity contribution in [3.05, 3.63) is 24.3 Å². The van der Waals surface area contributed by atoms with Crippen molar-refractivity contribution in [3.63, 3.8) is 0 Å². The van der Waals surface area contributed by atoms with Gasteiger partial charge in [0.1, 0.15) is 0 Å². The fourth-order valence-electron chi connectivity index (χ4n) is 2.78. The van der Waals surface area contributed by atoms with Gasteiger partial charge in [0.25, 0.3) is 0 Å². The molecule has 1 aromatic heterocycles. The van der Waals surface area contributed by atoms with Crippen LogP contribution < -0.4 is 4.84 Å². The van der Waals surface area contributed by atoms with E-state index in [2.05, 4.69) is 0 Å². The Kier molecular flexibility index (Phi) is 3.26. The van der Waals surface area contributed by atoms with Crippen molar-refractivity contribution in [2.24, 2.45) is 5.92 Å². The highest BCUT2D eigenvalue weighted by molar-refractivity contribution is 5.93. The zero-order chi connectivity index (χ0) is 14.1. The molecule has 2 N–H and O–H groups in total. The van der Waals surface area contributed by atoms with Crippen LogP contribution >= 0.6 is 0 Å². The second-order valence-electron chi connectivity index (χ2n) is 5.23. The summed E-state index contributed by atoms with van der Waals surface area (Å²) in [5.41, 5.74) is 0. The van der Waals surface area contributed by atoms with Crippen molar-refractivity contribution in [2.45, 2.75) is 32.1 Å². The molecule has 0 atom stereocenters. The molecule has 5 heteroatoms. The molecule has 0 radical (unpaired) electrons. The van der Waals surface area contributed by atoms with Crippen molar-refractivity contribution in [1.29, 1.82) is 0 Å². The molecule has 1 aliphatic carbocycles. The van der Waals surface area contributed by atoms with Gasteiger partial charge < -0.3 is 15.1 Å². The van der Waals surface area contributed by atoms with Gasteiger partial charge in [0, 0.05) is 0 Å². The molecule has 2 aromatic rings. The summed E-state index contributed by atoms with van der Waals surface area (Å²) in [6.45, 7) is 0. The van der Waals surface area contributed by atoms with E-state index in [0.717, 1.165) is 36.8 Å². The molecular formula is C15H17NO4. The van der Waals surface area contributed by atoms with Gasteiger partial charge >= 0.3 is 5.97 Å². The SMILES string of the molecule is O=C(On1c(O)c2ccccc2c1O)C1CCCCC1. The highest BCUT2D eigenvalue weighted by Crippen LogP contribution is 2.35. The van der Waals surface area contributed by atoms with Crippen LogP contribution in [-0.2, 0) is 4.79 Å². The fraction of sp³-hybridized carbons (Fsp3) is 0.400. The number of fused-ring (bicyclic) bond motifs is 1. The first-order valence-electron chi connectivity index (χ1n) is 6.92. The zero-order valence-electron chi connectivity index (χ0n) is 11.1. The van der Waals surface area contributed by atoms with Crippen molar-refractivity contribution >= 4 is 16.7 Å². The second kappa shape index (κ2) is 5.07. The van der Waals surface area contributed by atoms with E-state index >= 15 is 0 Å². The number of nitrogens with zero attached hydrogens (tertiary/aromatic N) is 1. The molecule has 3 rings (SSSR count). The Labute approximate surface area is 116 Å². The second-order valence-corrected chi connectivity index (χ2v) is 5.23. The van der Waals surface area contributed by atoms with Gasteiger partial charge in [0.2, 0.25) is 11.8 Å². The van der Waals surface area contributed by atoms with Gasteiger partial charge in [-0.2, -0.15) is 0 Å². The molecule has 1 aliphatic rings. The maximum absolute atomic E-state index is 12.1. The van der Waals surface area contributed by atoms with E-state index in [1.807, 2.05) is 0 Å². The minimum atomic E-state index is -0.393. The Morgan fingerprint density at radius 2 is 1.60 bits per heavy atom. The number of benzene rings is 1. The standard InChI is InChI=1S/C15H17NO4/c17-13-11-8-4-5-9-12(11)14(18)16(13)20-15(19)10-6-2-1-3-7-10/h4-5,8-10,17-18H,1-3,6-7H2. The summed E-state index contributed by atoms with van der Waals surface area (Å²) in [7, 11) is 0. The predicted octanol–water partition coefficient (Wildman–Crippen LogP) is 2.59. The minimum Gasteiger partial charge on any atom is -0.492 e. The van der Waals surface area contributed by atoms with Crippen LogP contribution in [0.2, 0.25) is 0 Å². The number of carbonyl (C=O) groups excluding carboxylic acids is 1. The van der Waals surface area contributed by atoms with Crippen LogP contribution in [-0.4, -0.2) is 20.9 Å². The molecule has 1 heterocycles. The number of hydrogen-bond donors (Lipinski definition) is 2. The molecule has 1 fully saturated rings. The van der Waals surface area contributed by atoms with Gasteiger partial charge in [0.15, 0.2) is 0 Å². The van der Waals surface area contributed by atoms with Gasteiger partial charge in [-0.25, -0.2) is 4.79 Å². The number of aromatic nitrogens is 1. The maximum Gasteiger partial charge on any atom is 0.336 e. The number of hydrogen-bond acceptors (Lipinski definition) is 4. The normalized spacial score (nSPS) is 16.4. The molecule has 0 aliphatic heterocycles. The van der Waals surface area contributed by atoms with Crippen molar-refractivity contribution in [2.75, 3.05) is 0 Å². The van der Waals surface area contributed by atoms with E-state index in [0.29, 0.717) is 10.8 Å². The summed E-state index contributed by atoms with van der Waals surface area (Å²) in [5.74, 6) is -1.03. The van der Waals surface area contributed by atoms with Crippen LogP contribution in [0.3, 0.4) is 0 Å². The van der Waals surface area contributed by atoms with Gasteiger partial charge in [0.05, 0.1) is 16.7 Å². The van der Waals surface area contributed by atoms with E-state index in [4.69, 9.17) is 4.84 Å². The van der Waals surface area contributed by atoms with Gasteiger partial charge in [-0.3, -0.25) is 0 Å². The smallest absolute Gasteiger partial charge is 0.336 e. The molecule has 0 bridgehead atoms. The Hall–Kier alpha value is -2.17. The van der Waals surface area contributed by atoms with Crippen molar-refractivity contribution in [3.8, 4) is 11.8 Å². The summed E-state index contributed by atoms with van der Waals surface area (Å²) < 4.78 is 0.821. The van der Waals surface area contributed by atoms with E-state index in [1.165, 1.54) is 0 Å². The van der Waals surface area contributed by atoms with Crippen molar-refractivity contribution < 1.29 is 19.8 Å². The van der Waals surface area contributed by atoms with Crippen LogP contribution in [0.4, 0.5) is 0 Å². The fourth-order valence-corrected chi connectivity index (χ4v) is 2.78. The van der Waals surface area contributed by atoms with E-state index < -0.39 is 5.97 Å². The first kappa shape index (κ1) is 12.8. The molecular weight excluding hydrogens is 258 g/mol. The van der Waals surface area contributed by atoms with Gasteiger partial charge in [-0.15, -0.1) is 4.73 Å². The lowest BCUT2D eigenvalue weighted by atomic mass is 9.89. The highest BCUT2D eigenvalue weighted by atomic mass is 16.7. The summed E-state index contributed by atoms with van der Waals surface area (Å²) in [4.78, 5) is 17.3. The van der Waals surface area contributed by atoms with Crippen molar-refractivity contribution in [1.82, 2.24) is 4.73 Å². The Balaban J connectivity index is 1.88. The summed E-state index contributed by atoms with van der Waals surface area (Å²) in [6.07, 6.45) is 4.80. The number of aromatic hydroxyl groups is 2. The molecule has 0 unspecified atom stereocenters. The maximum atomic E-state index is 12.1. The quantitative estimate of drug-likeness (QED) is 0.883. The number of rotatable bonds is 2. The van der Waals surface area contributed by atoms with E-state index in [1.54, 1.807) is 24.3 Å². The van der Waals surface area contributed by atoms with Gasteiger partial charge in [-0.1, -0.05) is 31.4 Å². The molecule has 0 spiro atoms. The largest absolute Gasteiger partial charge is 0.492 e. The molecule has 0 saturated heterocycles. The Bertz CT molecular complexity index is 602.